The van der Waals surface area contributed by atoms with E-state index >= 15 is 0 Å². The van der Waals surface area contributed by atoms with Crippen LogP contribution in [0.3, 0.4) is 0 Å². The molecule has 0 aliphatic heterocycles. The van der Waals surface area contributed by atoms with Gasteiger partial charge in [-0.05, 0) is 12.3 Å². The maximum atomic E-state index is 9.60. The highest BCUT2D eigenvalue weighted by Gasteiger charge is 2.31. The van der Waals surface area contributed by atoms with Gasteiger partial charge in [0.15, 0.2) is 0 Å². The van der Waals surface area contributed by atoms with Gasteiger partial charge in [0.05, 0.1) is 25.4 Å². The lowest BCUT2D eigenvalue weighted by molar-refractivity contribution is -0.0229. The molecular formula is C9H21NO4. The van der Waals surface area contributed by atoms with Crippen molar-refractivity contribution in [2.45, 2.75) is 32.0 Å². The highest BCUT2D eigenvalue weighted by molar-refractivity contribution is 4.87. The molecule has 86 valence electrons. The van der Waals surface area contributed by atoms with Gasteiger partial charge < -0.3 is 20.4 Å². The fourth-order valence-electron chi connectivity index (χ4n) is 0.966. The van der Waals surface area contributed by atoms with Crippen molar-refractivity contribution in [2.75, 3.05) is 19.8 Å². The van der Waals surface area contributed by atoms with Gasteiger partial charge in [0.2, 0.25) is 0 Å². The smallest absolute Gasteiger partial charge is 0.108 e. The zero-order valence-corrected chi connectivity index (χ0v) is 8.77. The van der Waals surface area contributed by atoms with Crippen LogP contribution in [0.2, 0.25) is 0 Å². The predicted molar refractivity (Wildman–Crippen MR) is 52.6 cm³/mol. The maximum Gasteiger partial charge on any atom is 0.108 e. The SMILES string of the molecule is CCC(C)C(O)NC(CO)(CO)CO. The highest BCUT2D eigenvalue weighted by atomic mass is 16.3. The first-order valence-electron chi connectivity index (χ1n) is 4.83. The topological polar surface area (TPSA) is 93.0 Å². The van der Waals surface area contributed by atoms with Crippen molar-refractivity contribution in [3.05, 3.63) is 0 Å². The third kappa shape index (κ3) is 3.51. The van der Waals surface area contributed by atoms with E-state index in [9.17, 15) is 5.11 Å². The molecule has 0 saturated heterocycles. The summed E-state index contributed by atoms with van der Waals surface area (Å²) in [4.78, 5) is 0. The molecule has 0 fully saturated rings. The molecule has 0 bridgehead atoms. The summed E-state index contributed by atoms with van der Waals surface area (Å²) in [5, 5.41) is 39.2. The summed E-state index contributed by atoms with van der Waals surface area (Å²) in [6.07, 6.45) is -0.0709. The van der Waals surface area contributed by atoms with E-state index in [4.69, 9.17) is 15.3 Å². The predicted octanol–water partition coefficient (Wildman–Crippen LogP) is -1.34. The molecule has 0 aromatic carbocycles. The molecule has 5 N–H and O–H groups in total. The van der Waals surface area contributed by atoms with Crippen molar-refractivity contribution in [3.63, 3.8) is 0 Å². The normalized spacial score (nSPS) is 16.7. The first kappa shape index (κ1) is 13.8. The quantitative estimate of drug-likeness (QED) is 0.333. The Morgan fingerprint density at radius 3 is 1.86 bits per heavy atom. The summed E-state index contributed by atoms with van der Waals surface area (Å²) in [6, 6.07) is 0. The number of hydrogen-bond acceptors (Lipinski definition) is 5. The number of aliphatic hydroxyl groups is 4. The van der Waals surface area contributed by atoms with Gasteiger partial charge in [-0.2, -0.15) is 0 Å². The standard InChI is InChI=1S/C9H21NO4/c1-3-7(2)8(14)10-9(4-11,5-12)6-13/h7-8,10-14H,3-6H2,1-2H3. The molecular weight excluding hydrogens is 186 g/mol. The summed E-state index contributed by atoms with van der Waals surface area (Å²) in [7, 11) is 0. The van der Waals surface area contributed by atoms with Crippen molar-refractivity contribution in [1.82, 2.24) is 5.32 Å². The third-order valence-electron chi connectivity index (χ3n) is 2.55. The molecule has 0 aliphatic rings. The molecule has 0 rings (SSSR count). The molecule has 0 amide bonds. The lowest BCUT2D eigenvalue weighted by atomic mass is 10.00. The fraction of sp³-hybridized carbons (Fsp3) is 1.00. The highest BCUT2D eigenvalue weighted by Crippen LogP contribution is 2.10. The van der Waals surface area contributed by atoms with E-state index in [2.05, 4.69) is 5.32 Å². The minimum Gasteiger partial charge on any atom is -0.394 e. The molecule has 5 nitrogen and oxygen atoms in total. The van der Waals surface area contributed by atoms with Crippen molar-refractivity contribution < 1.29 is 20.4 Å². The third-order valence-corrected chi connectivity index (χ3v) is 2.55. The van der Waals surface area contributed by atoms with E-state index < -0.39 is 31.6 Å². The van der Waals surface area contributed by atoms with Crippen LogP contribution in [0.4, 0.5) is 0 Å². The second-order valence-corrected chi connectivity index (χ2v) is 3.73. The Morgan fingerprint density at radius 1 is 1.14 bits per heavy atom. The van der Waals surface area contributed by atoms with E-state index in [1.165, 1.54) is 0 Å². The summed E-state index contributed by atoms with van der Waals surface area (Å²) in [6.45, 7) is 2.50. The lowest BCUT2D eigenvalue weighted by Crippen LogP contribution is -2.59. The molecule has 0 heterocycles. The fourth-order valence-corrected chi connectivity index (χ4v) is 0.966. The van der Waals surface area contributed by atoms with Gasteiger partial charge in [-0.3, -0.25) is 5.32 Å². The first-order chi connectivity index (χ1) is 6.55. The van der Waals surface area contributed by atoms with Crippen molar-refractivity contribution in [2.24, 2.45) is 5.92 Å². The number of rotatable bonds is 7. The van der Waals surface area contributed by atoms with E-state index in [0.717, 1.165) is 6.42 Å². The maximum absolute atomic E-state index is 9.60. The second kappa shape index (κ2) is 6.31. The summed E-state index contributed by atoms with van der Waals surface area (Å²) in [5.74, 6) is -0.000903. The molecule has 0 saturated carbocycles. The van der Waals surface area contributed by atoms with Gasteiger partial charge in [0.25, 0.3) is 0 Å². The zero-order chi connectivity index (χ0) is 11.2. The van der Waals surface area contributed by atoms with Gasteiger partial charge in [0.1, 0.15) is 6.23 Å². The second-order valence-electron chi connectivity index (χ2n) is 3.73. The Labute approximate surface area is 84.4 Å². The largest absolute Gasteiger partial charge is 0.394 e. The summed E-state index contributed by atoms with van der Waals surface area (Å²) >= 11 is 0. The molecule has 0 radical (unpaired) electrons. The number of aliphatic hydroxyl groups excluding tert-OH is 4. The molecule has 5 heteroatoms. The monoisotopic (exact) mass is 207 g/mol. The molecule has 0 aliphatic carbocycles. The zero-order valence-electron chi connectivity index (χ0n) is 8.77. The Balaban J connectivity index is 4.28. The number of nitrogens with one attached hydrogen (secondary N) is 1. The molecule has 0 spiro atoms. The van der Waals surface area contributed by atoms with Gasteiger partial charge in [-0.1, -0.05) is 13.8 Å². The van der Waals surface area contributed by atoms with E-state index in [0.29, 0.717) is 0 Å². The average Bonchev–Trinajstić information content (AvgIpc) is 2.24. The van der Waals surface area contributed by atoms with Gasteiger partial charge >= 0.3 is 0 Å². The summed E-state index contributed by atoms with van der Waals surface area (Å²) < 4.78 is 0. The molecule has 0 aromatic heterocycles. The van der Waals surface area contributed by atoms with Crippen LogP contribution in [0.15, 0.2) is 0 Å². The Morgan fingerprint density at radius 2 is 1.57 bits per heavy atom. The lowest BCUT2D eigenvalue weighted by Gasteiger charge is -2.33. The van der Waals surface area contributed by atoms with E-state index in [1.54, 1.807) is 0 Å². The minimum atomic E-state index is -1.21. The van der Waals surface area contributed by atoms with Gasteiger partial charge in [0, 0.05) is 0 Å². The van der Waals surface area contributed by atoms with Crippen LogP contribution in [-0.4, -0.2) is 52.0 Å². The van der Waals surface area contributed by atoms with Crippen LogP contribution in [-0.2, 0) is 0 Å². The van der Waals surface area contributed by atoms with Crippen LogP contribution in [0.5, 0.6) is 0 Å². The van der Waals surface area contributed by atoms with E-state index in [1.807, 2.05) is 13.8 Å². The van der Waals surface area contributed by atoms with Crippen LogP contribution in [0, 0.1) is 5.92 Å². The van der Waals surface area contributed by atoms with Gasteiger partial charge in [-0.15, -0.1) is 0 Å². The first-order valence-corrected chi connectivity index (χ1v) is 4.83. The Hall–Kier alpha value is -0.200. The van der Waals surface area contributed by atoms with Crippen LogP contribution >= 0.6 is 0 Å². The molecule has 14 heavy (non-hydrogen) atoms. The Kier molecular flexibility index (Phi) is 6.22. The van der Waals surface area contributed by atoms with Crippen LogP contribution in [0.1, 0.15) is 20.3 Å². The number of hydrogen-bond donors (Lipinski definition) is 5. The van der Waals surface area contributed by atoms with Crippen LogP contribution < -0.4 is 5.32 Å². The summed E-state index contributed by atoms with van der Waals surface area (Å²) in [5.41, 5.74) is -1.21. The minimum absolute atomic E-state index is 0.000903. The molecule has 2 unspecified atom stereocenters. The molecule has 2 atom stereocenters. The Bertz CT molecular complexity index is 141. The van der Waals surface area contributed by atoms with E-state index in [-0.39, 0.29) is 5.92 Å². The molecule has 0 aromatic rings. The van der Waals surface area contributed by atoms with Crippen molar-refractivity contribution in [3.8, 4) is 0 Å². The van der Waals surface area contributed by atoms with Gasteiger partial charge in [-0.25, -0.2) is 0 Å². The average molecular weight is 207 g/mol. The van der Waals surface area contributed by atoms with Crippen LogP contribution in [0.25, 0.3) is 0 Å². The van der Waals surface area contributed by atoms with Crippen molar-refractivity contribution >= 4 is 0 Å². The van der Waals surface area contributed by atoms with Crippen molar-refractivity contribution in [1.29, 1.82) is 0 Å².